The van der Waals surface area contributed by atoms with Crippen molar-refractivity contribution in [1.29, 1.82) is 0 Å². The predicted molar refractivity (Wildman–Crippen MR) is 79.2 cm³/mol. The molecule has 1 aromatic heterocycles. The summed E-state index contributed by atoms with van der Waals surface area (Å²) in [5.41, 5.74) is 9.47. The number of benzene rings is 1. The largest absolute Gasteiger partial charge is 0.388 e. The lowest BCUT2D eigenvalue weighted by Gasteiger charge is -2.08. The summed E-state index contributed by atoms with van der Waals surface area (Å²) in [5, 5.41) is 3.32. The third kappa shape index (κ3) is 3.05. The minimum Gasteiger partial charge on any atom is -0.388 e. The molecule has 0 saturated carbocycles. The first-order valence-corrected chi connectivity index (χ1v) is 6.21. The fourth-order valence-electron chi connectivity index (χ4n) is 1.68. The summed E-state index contributed by atoms with van der Waals surface area (Å²) in [6, 6.07) is 12.0. The smallest absolute Gasteiger partial charge is 0.122 e. The SMILES string of the molecule is CCc1cccc(Nc2ccnc(C(N)=S)c2)c1. The van der Waals surface area contributed by atoms with Gasteiger partial charge in [-0.3, -0.25) is 4.98 Å². The number of hydrogen-bond donors (Lipinski definition) is 2. The maximum absolute atomic E-state index is 5.56. The molecule has 18 heavy (non-hydrogen) atoms. The Balaban J connectivity index is 2.22. The molecule has 2 rings (SSSR count). The van der Waals surface area contributed by atoms with Gasteiger partial charge in [0.15, 0.2) is 0 Å². The van der Waals surface area contributed by atoms with Gasteiger partial charge in [0.1, 0.15) is 4.99 Å². The van der Waals surface area contributed by atoms with Crippen molar-refractivity contribution in [2.24, 2.45) is 5.73 Å². The Bertz CT molecular complexity index is 566. The van der Waals surface area contributed by atoms with Crippen LogP contribution >= 0.6 is 12.2 Å². The second-order valence-electron chi connectivity index (χ2n) is 3.97. The van der Waals surface area contributed by atoms with Crippen LogP contribution in [0.3, 0.4) is 0 Å². The molecule has 2 aromatic rings. The van der Waals surface area contributed by atoms with Gasteiger partial charge < -0.3 is 11.1 Å². The van der Waals surface area contributed by atoms with Crippen molar-refractivity contribution in [3.8, 4) is 0 Å². The van der Waals surface area contributed by atoms with Crippen molar-refractivity contribution in [3.05, 3.63) is 53.9 Å². The van der Waals surface area contributed by atoms with Gasteiger partial charge in [0, 0.05) is 17.6 Å². The van der Waals surface area contributed by atoms with E-state index >= 15 is 0 Å². The fraction of sp³-hybridized carbons (Fsp3) is 0.143. The molecule has 0 spiro atoms. The third-order valence-electron chi connectivity index (χ3n) is 2.64. The van der Waals surface area contributed by atoms with Gasteiger partial charge in [0.2, 0.25) is 0 Å². The fourth-order valence-corrected chi connectivity index (χ4v) is 1.79. The van der Waals surface area contributed by atoms with Gasteiger partial charge in [-0.2, -0.15) is 0 Å². The molecule has 1 aromatic carbocycles. The van der Waals surface area contributed by atoms with Gasteiger partial charge in [-0.05, 0) is 36.2 Å². The van der Waals surface area contributed by atoms with Crippen molar-refractivity contribution in [2.45, 2.75) is 13.3 Å². The Hall–Kier alpha value is -1.94. The third-order valence-corrected chi connectivity index (χ3v) is 2.85. The first kappa shape index (κ1) is 12.5. The Morgan fingerprint density at radius 2 is 2.06 bits per heavy atom. The minimum atomic E-state index is 0.306. The van der Waals surface area contributed by atoms with Gasteiger partial charge in [-0.25, -0.2) is 0 Å². The molecule has 0 unspecified atom stereocenters. The highest BCUT2D eigenvalue weighted by Gasteiger charge is 2.00. The molecule has 92 valence electrons. The number of thiocarbonyl (C=S) groups is 1. The van der Waals surface area contributed by atoms with E-state index in [1.54, 1.807) is 6.20 Å². The standard InChI is InChI=1S/C14H15N3S/c1-2-10-4-3-5-11(8-10)17-12-6-7-16-13(9-12)14(15)18/h3-9H,2H2,1H3,(H2,15,18)(H,16,17). The Labute approximate surface area is 112 Å². The lowest BCUT2D eigenvalue weighted by atomic mass is 10.1. The van der Waals surface area contributed by atoms with E-state index in [9.17, 15) is 0 Å². The molecule has 0 aliphatic heterocycles. The van der Waals surface area contributed by atoms with Gasteiger partial charge >= 0.3 is 0 Å². The molecule has 3 N–H and O–H groups in total. The zero-order valence-corrected chi connectivity index (χ0v) is 11.0. The van der Waals surface area contributed by atoms with Gasteiger partial charge in [-0.15, -0.1) is 0 Å². The van der Waals surface area contributed by atoms with Gasteiger partial charge in [0.05, 0.1) is 5.69 Å². The minimum absolute atomic E-state index is 0.306. The number of pyridine rings is 1. The summed E-state index contributed by atoms with van der Waals surface area (Å²) in [4.78, 5) is 4.41. The molecule has 0 aliphatic rings. The van der Waals surface area contributed by atoms with Gasteiger partial charge in [-0.1, -0.05) is 31.3 Å². The highest BCUT2D eigenvalue weighted by Crippen LogP contribution is 2.18. The second kappa shape index (κ2) is 5.60. The molecule has 0 radical (unpaired) electrons. The summed E-state index contributed by atoms with van der Waals surface area (Å²) in [5.74, 6) is 0. The number of nitrogens with two attached hydrogens (primary N) is 1. The zero-order chi connectivity index (χ0) is 13.0. The zero-order valence-electron chi connectivity index (χ0n) is 10.2. The maximum atomic E-state index is 5.56. The molecule has 3 nitrogen and oxygen atoms in total. The molecule has 0 bridgehead atoms. The van der Waals surface area contributed by atoms with E-state index in [1.165, 1.54) is 5.56 Å². The topological polar surface area (TPSA) is 50.9 Å². The molecule has 4 heteroatoms. The Morgan fingerprint density at radius 1 is 1.28 bits per heavy atom. The number of aromatic nitrogens is 1. The van der Waals surface area contributed by atoms with E-state index in [-0.39, 0.29) is 0 Å². The number of nitrogens with one attached hydrogen (secondary N) is 1. The van der Waals surface area contributed by atoms with E-state index in [0.717, 1.165) is 17.8 Å². The number of aryl methyl sites for hydroxylation is 1. The number of hydrogen-bond acceptors (Lipinski definition) is 3. The summed E-state index contributed by atoms with van der Waals surface area (Å²) in [6.45, 7) is 2.14. The van der Waals surface area contributed by atoms with Crippen LogP contribution in [0.2, 0.25) is 0 Å². The van der Waals surface area contributed by atoms with E-state index in [2.05, 4.69) is 29.4 Å². The van der Waals surface area contributed by atoms with E-state index in [1.807, 2.05) is 24.3 Å². The van der Waals surface area contributed by atoms with Crippen LogP contribution in [0.1, 0.15) is 18.2 Å². The van der Waals surface area contributed by atoms with Crippen molar-refractivity contribution in [2.75, 3.05) is 5.32 Å². The van der Waals surface area contributed by atoms with E-state index in [0.29, 0.717) is 10.7 Å². The number of anilines is 2. The van der Waals surface area contributed by atoms with Crippen molar-refractivity contribution >= 4 is 28.6 Å². The lowest BCUT2D eigenvalue weighted by molar-refractivity contribution is 1.14. The van der Waals surface area contributed by atoms with Crippen LogP contribution in [-0.4, -0.2) is 9.97 Å². The van der Waals surface area contributed by atoms with Crippen molar-refractivity contribution < 1.29 is 0 Å². The lowest BCUT2D eigenvalue weighted by Crippen LogP contribution is -2.11. The van der Waals surface area contributed by atoms with Gasteiger partial charge in [0.25, 0.3) is 0 Å². The summed E-state index contributed by atoms with van der Waals surface area (Å²) < 4.78 is 0. The normalized spacial score (nSPS) is 10.1. The number of rotatable bonds is 4. The molecule has 0 saturated heterocycles. The molecule has 0 fully saturated rings. The van der Waals surface area contributed by atoms with E-state index in [4.69, 9.17) is 18.0 Å². The average Bonchev–Trinajstić information content (AvgIpc) is 2.39. The van der Waals surface area contributed by atoms with Crippen LogP contribution in [0, 0.1) is 0 Å². The molecular weight excluding hydrogens is 242 g/mol. The van der Waals surface area contributed by atoms with Crippen LogP contribution in [-0.2, 0) is 6.42 Å². The van der Waals surface area contributed by atoms with Crippen LogP contribution in [0.15, 0.2) is 42.6 Å². The Kier molecular flexibility index (Phi) is 3.89. The van der Waals surface area contributed by atoms with Crippen molar-refractivity contribution in [1.82, 2.24) is 4.98 Å². The van der Waals surface area contributed by atoms with Crippen LogP contribution in [0.25, 0.3) is 0 Å². The van der Waals surface area contributed by atoms with Crippen LogP contribution in [0.5, 0.6) is 0 Å². The van der Waals surface area contributed by atoms with E-state index < -0.39 is 0 Å². The monoisotopic (exact) mass is 257 g/mol. The molecule has 0 aliphatic carbocycles. The first-order chi connectivity index (χ1) is 8.69. The maximum Gasteiger partial charge on any atom is 0.122 e. The second-order valence-corrected chi connectivity index (χ2v) is 4.41. The Morgan fingerprint density at radius 3 is 2.78 bits per heavy atom. The average molecular weight is 257 g/mol. The number of nitrogens with zero attached hydrogens (tertiary/aromatic N) is 1. The highest BCUT2D eigenvalue weighted by atomic mass is 32.1. The summed E-state index contributed by atoms with van der Waals surface area (Å²) in [6.07, 6.45) is 2.71. The summed E-state index contributed by atoms with van der Waals surface area (Å²) in [7, 11) is 0. The molecule has 0 amide bonds. The van der Waals surface area contributed by atoms with Crippen molar-refractivity contribution in [3.63, 3.8) is 0 Å². The van der Waals surface area contributed by atoms with Crippen LogP contribution < -0.4 is 11.1 Å². The van der Waals surface area contributed by atoms with Crippen LogP contribution in [0.4, 0.5) is 11.4 Å². The molecular formula is C14H15N3S. The molecule has 0 atom stereocenters. The highest BCUT2D eigenvalue weighted by molar-refractivity contribution is 7.80. The summed E-state index contributed by atoms with van der Waals surface area (Å²) >= 11 is 4.91. The first-order valence-electron chi connectivity index (χ1n) is 5.81. The molecule has 1 heterocycles. The quantitative estimate of drug-likeness (QED) is 0.827. The predicted octanol–water partition coefficient (Wildman–Crippen LogP) is 3.02.